The number of hydrogen-bond acceptors (Lipinski definition) is 4. The number of amides is 1. The molecule has 0 rings (SSSR count). The molecule has 0 spiro atoms. The van der Waals surface area contributed by atoms with Gasteiger partial charge in [-0.2, -0.15) is 0 Å². The van der Waals surface area contributed by atoms with E-state index >= 15 is 0 Å². The Bertz CT molecular complexity index is 135. The third-order valence-corrected chi connectivity index (χ3v) is 1.14. The average Bonchev–Trinajstić information content (AvgIpc) is 2.00. The molecule has 0 heterocycles. The van der Waals surface area contributed by atoms with Gasteiger partial charge in [0.25, 0.3) is 0 Å². The number of nitrogens with one attached hydrogen (secondary N) is 1. The molecule has 0 aliphatic rings. The largest absolute Gasteiger partial charge is 0.453 e. The molecule has 3 N–H and O–H groups in total. The molecule has 5 heteroatoms. The highest BCUT2D eigenvalue weighted by molar-refractivity contribution is 5.66. The molecule has 66 valence electrons. The molecule has 0 unspecified atom stereocenters. The van der Waals surface area contributed by atoms with Crippen molar-refractivity contribution in [2.24, 2.45) is 0 Å². The van der Waals surface area contributed by atoms with E-state index in [2.05, 4.69) is 10.1 Å². The van der Waals surface area contributed by atoms with Crippen LogP contribution in [0.15, 0.2) is 0 Å². The highest BCUT2D eigenvalue weighted by atomic mass is 16.5. The van der Waals surface area contributed by atoms with Crippen LogP contribution < -0.4 is 5.32 Å². The Morgan fingerprint density at radius 3 is 2.64 bits per heavy atom. The van der Waals surface area contributed by atoms with Crippen molar-refractivity contribution in [1.29, 1.82) is 0 Å². The van der Waals surface area contributed by atoms with Crippen molar-refractivity contribution in [3.05, 3.63) is 0 Å². The quantitative estimate of drug-likeness (QED) is 0.503. The molecular formula is C6H13NO4. The third kappa shape index (κ3) is 4.58. The summed E-state index contributed by atoms with van der Waals surface area (Å²) in [6, 6.07) is 0. The fourth-order valence-electron chi connectivity index (χ4n) is 0.391. The summed E-state index contributed by atoms with van der Waals surface area (Å²) in [5.74, 6) is 0. The number of rotatable bonds is 3. The minimum Gasteiger partial charge on any atom is -0.453 e. The van der Waals surface area contributed by atoms with Crippen molar-refractivity contribution in [2.45, 2.75) is 12.5 Å². The smallest absolute Gasteiger partial charge is 0.406 e. The van der Waals surface area contributed by atoms with Gasteiger partial charge in [-0.1, -0.05) is 0 Å². The van der Waals surface area contributed by atoms with Crippen molar-refractivity contribution in [3.63, 3.8) is 0 Å². The van der Waals surface area contributed by atoms with Crippen molar-refractivity contribution < 1.29 is 19.7 Å². The molecule has 0 radical (unpaired) electrons. The lowest BCUT2D eigenvalue weighted by Crippen LogP contribution is -2.43. The number of carbonyl (C=O) groups excluding carboxylic acids is 1. The number of hydrogen-bond donors (Lipinski definition) is 3. The summed E-state index contributed by atoms with van der Waals surface area (Å²) in [5, 5.41) is 19.9. The van der Waals surface area contributed by atoms with Crippen LogP contribution in [0.1, 0.15) is 6.92 Å². The SMILES string of the molecule is COC(=O)NC[C@@](C)(O)CO. The summed E-state index contributed by atoms with van der Waals surface area (Å²) in [5.41, 5.74) is -1.28. The molecule has 5 nitrogen and oxygen atoms in total. The standard InChI is InChI=1S/C6H13NO4/c1-6(10,4-8)3-7-5(9)11-2/h8,10H,3-4H2,1-2H3,(H,7,9)/t6-/m1/s1. The van der Waals surface area contributed by atoms with Gasteiger partial charge in [-0.25, -0.2) is 4.79 Å². The molecule has 0 aromatic heterocycles. The van der Waals surface area contributed by atoms with Gasteiger partial charge in [0, 0.05) is 0 Å². The van der Waals surface area contributed by atoms with Crippen LogP contribution in [-0.2, 0) is 4.74 Å². The Kier molecular flexibility index (Phi) is 3.84. The van der Waals surface area contributed by atoms with Crippen LogP contribution in [0.5, 0.6) is 0 Å². The molecule has 0 saturated carbocycles. The zero-order chi connectivity index (χ0) is 8.91. The number of alkyl carbamates (subject to hydrolysis) is 1. The summed E-state index contributed by atoms with van der Waals surface area (Å²) >= 11 is 0. The molecule has 0 aromatic carbocycles. The summed E-state index contributed by atoms with van der Waals surface area (Å²) in [6.07, 6.45) is -0.626. The molecule has 0 aliphatic carbocycles. The summed E-state index contributed by atoms with van der Waals surface area (Å²) in [6.45, 7) is 0.968. The summed E-state index contributed by atoms with van der Waals surface area (Å²) in [4.78, 5) is 10.4. The van der Waals surface area contributed by atoms with Gasteiger partial charge < -0.3 is 20.3 Å². The maximum atomic E-state index is 10.4. The Morgan fingerprint density at radius 1 is 1.73 bits per heavy atom. The molecule has 0 saturated heterocycles. The average molecular weight is 163 g/mol. The lowest BCUT2D eigenvalue weighted by atomic mass is 10.1. The van der Waals surface area contributed by atoms with Gasteiger partial charge in [0.05, 0.1) is 20.3 Å². The van der Waals surface area contributed by atoms with Crippen LogP contribution in [0.25, 0.3) is 0 Å². The van der Waals surface area contributed by atoms with Crippen LogP contribution in [0.4, 0.5) is 4.79 Å². The van der Waals surface area contributed by atoms with Crippen molar-refractivity contribution in [3.8, 4) is 0 Å². The Balaban J connectivity index is 3.61. The molecule has 11 heavy (non-hydrogen) atoms. The number of methoxy groups -OCH3 is 1. The first-order chi connectivity index (χ1) is 5.02. The maximum Gasteiger partial charge on any atom is 0.406 e. The van der Waals surface area contributed by atoms with Crippen molar-refractivity contribution in [1.82, 2.24) is 5.32 Å². The van der Waals surface area contributed by atoms with Gasteiger partial charge in [-0.05, 0) is 6.92 Å². The topological polar surface area (TPSA) is 78.8 Å². The fourth-order valence-corrected chi connectivity index (χ4v) is 0.391. The predicted octanol–water partition coefficient (Wildman–Crippen LogP) is -0.914. The minimum absolute atomic E-state index is 0.0316. The van der Waals surface area contributed by atoms with Gasteiger partial charge in [0.15, 0.2) is 0 Å². The summed E-state index contributed by atoms with van der Waals surface area (Å²) in [7, 11) is 1.23. The van der Waals surface area contributed by atoms with Gasteiger partial charge in [0.2, 0.25) is 0 Å². The lowest BCUT2D eigenvalue weighted by molar-refractivity contribution is 0.00301. The number of ether oxygens (including phenoxy) is 1. The number of aliphatic hydroxyl groups excluding tert-OH is 1. The van der Waals surface area contributed by atoms with Crippen LogP contribution >= 0.6 is 0 Å². The molecule has 0 aliphatic heterocycles. The predicted molar refractivity (Wildman–Crippen MR) is 38.1 cm³/mol. The fraction of sp³-hybridized carbons (Fsp3) is 0.833. The van der Waals surface area contributed by atoms with E-state index in [1.54, 1.807) is 0 Å². The first kappa shape index (κ1) is 10.2. The third-order valence-electron chi connectivity index (χ3n) is 1.14. The van der Waals surface area contributed by atoms with E-state index < -0.39 is 18.3 Å². The zero-order valence-electron chi connectivity index (χ0n) is 6.63. The van der Waals surface area contributed by atoms with E-state index in [1.807, 2.05) is 0 Å². The van der Waals surface area contributed by atoms with Crippen LogP contribution in [0, 0.1) is 0 Å². The molecule has 1 atom stereocenters. The van der Waals surface area contributed by atoms with E-state index in [0.717, 1.165) is 0 Å². The van der Waals surface area contributed by atoms with Crippen LogP contribution in [0.2, 0.25) is 0 Å². The molecular weight excluding hydrogens is 150 g/mol. The Labute approximate surface area is 65.0 Å². The second-order valence-electron chi connectivity index (χ2n) is 2.50. The van der Waals surface area contributed by atoms with Crippen molar-refractivity contribution >= 4 is 6.09 Å². The first-order valence-corrected chi connectivity index (χ1v) is 3.17. The maximum absolute atomic E-state index is 10.4. The minimum atomic E-state index is -1.28. The molecule has 0 aromatic rings. The van der Waals surface area contributed by atoms with Crippen LogP contribution in [0.3, 0.4) is 0 Å². The molecule has 0 fully saturated rings. The van der Waals surface area contributed by atoms with E-state index in [9.17, 15) is 4.79 Å². The Hall–Kier alpha value is -0.810. The normalized spacial score (nSPS) is 15.3. The number of carbonyl (C=O) groups is 1. The van der Waals surface area contributed by atoms with Crippen LogP contribution in [-0.4, -0.2) is 42.2 Å². The van der Waals surface area contributed by atoms with Gasteiger partial charge in [0.1, 0.15) is 5.60 Å². The van der Waals surface area contributed by atoms with E-state index in [1.165, 1.54) is 14.0 Å². The second-order valence-corrected chi connectivity index (χ2v) is 2.50. The highest BCUT2D eigenvalue weighted by Crippen LogP contribution is 1.97. The number of aliphatic hydroxyl groups is 2. The monoisotopic (exact) mass is 163 g/mol. The zero-order valence-corrected chi connectivity index (χ0v) is 6.63. The molecule has 1 amide bonds. The molecule has 0 bridgehead atoms. The highest BCUT2D eigenvalue weighted by Gasteiger charge is 2.19. The van der Waals surface area contributed by atoms with Gasteiger partial charge in [-0.3, -0.25) is 0 Å². The van der Waals surface area contributed by atoms with Gasteiger partial charge >= 0.3 is 6.09 Å². The van der Waals surface area contributed by atoms with E-state index in [0.29, 0.717) is 0 Å². The van der Waals surface area contributed by atoms with Crippen molar-refractivity contribution in [2.75, 3.05) is 20.3 Å². The lowest BCUT2D eigenvalue weighted by Gasteiger charge is -2.19. The van der Waals surface area contributed by atoms with E-state index in [4.69, 9.17) is 10.2 Å². The summed E-state index contributed by atoms with van der Waals surface area (Å²) < 4.78 is 4.25. The van der Waals surface area contributed by atoms with Gasteiger partial charge in [-0.15, -0.1) is 0 Å². The first-order valence-electron chi connectivity index (χ1n) is 3.17. The van der Waals surface area contributed by atoms with E-state index in [-0.39, 0.29) is 6.54 Å². The Morgan fingerprint density at radius 2 is 2.27 bits per heavy atom. The second kappa shape index (κ2) is 4.15.